The molecule has 0 radical (unpaired) electrons. The van der Waals surface area contributed by atoms with Crippen molar-refractivity contribution in [3.63, 3.8) is 0 Å². The second-order valence-electron chi connectivity index (χ2n) is 19.3. The van der Waals surface area contributed by atoms with E-state index in [2.05, 4.69) is 20.1 Å². The maximum absolute atomic E-state index is 12.6. The lowest BCUT2D eigenvalue weighted by molar-refractivity contribution is -0.393. The molecule has 0 spiro atoms. The molecule has 0 bridgehead atoms. The van der Waals surface area contributed by atoms with Crippen LogP contribution >= 0.6 is 0 Å². The summed E-state index contributed by atoms with van der Waals surface area (Å²) < 4.78 is 93.7. The van der Waals surface area contributed by atoms with Gasteiger partial charge in [-0.05, 0) is 0 Å². The third-order valence-electron chi connectivity index (χ3n) is 13.5. The first-order valence-electron chi connectivity index (χ1n) is 24.7. The number of amides is 3. The van der Waals surface area contributed by atoms with E-state index >= 15 is 0 Å². The van der Waals surface area contributed by atoms with E-state index in [4.69, 9.17) is 51.9 Å². The zero-order valence-corrected chi connectivity index (χ0v) is 43.5. The Balaban J connectivity index is 1.53. The molecule has 21 N–H and O–H groups in total. The number of carbonyl (C=O) groups is 3. The molecule has 5 rings (SSSR count). The van der Waals surface area contributed by atoms with Gasteiger partial charge in [0.15, 0.2) is 31.5 Å². The lowest BCUT2D eigenvalue weighted by atomic mass is 9.94. The Bertz CT molecular complexity index is 2080. The molecule has 3 amide bonds. The predicted octanol–water partition coefficient (Wildman–Crippen LogP) is -14.2. The van der Waals surface area contributed by atoms with E-state index in [0.717, 1.165) is 20.8 Å². The maximum Gasteiger partial charge on any atom is 0.397 e. The highest BCUT2D eigenvalue weighted by molar-refractivity contribution is 7.80. The van der Waals surface area contributed by atoms with Crippen molar-refractivity contribution in [3.05, 3.63) is 0 Å². The van der Waals surface area contributed by atoms with Gasteiger partial charge in [0.2, 0.25) is 17.7 Å². The Hall–Kier alpha value is -2.80. The minimum atomic E-state index is -5.18. The Morgan fingerprint density at radius 3 is 1.51 bits per heavy atom. The largest absolute Gasteiger partial charge is 0.397 e. The number of carbonyl (C=O) groups excluding carboxylic acids is 3. The lowest BCUT2D eigenvalue weighted by Gasteiger charge is -2.50. The van der Waals surface area contributed by atoms with Gasteiger partial charge in [-0.1, -0.05) is 0 Å². The molecule has 0 aromatic rings. The normalized spacial score (nSPS) is 42.4. The van der Waals surface area contributed by atoms with Gasteiger partial charge in [-0.25, -0.2) is 4.18 Å². The molecule has 29 atom stereocenters. The first-order valence-corrected chi connectivity index (χ1v) is 26.0. The summed E-state index contributed by atoms with van der Waals surface area (Å²) in [4.78, 5) is 36.7. The summed E-state index contributed by atoms with van der Waals surface area (Å²) in [6.45, 7) is -4.59. The summed E-state index contributed by atoms with van der Waals surface area (Å²) in [6.07, 6.45) is -53.9. The van der Waals surface area contributed by atoms with Crippen LogP contribution in [0.2, 0.25) is 0 Å². The first kappa shape index (κ1) is 68.0. The van der Waals surface area contributed by atoms with E-state index < -0.39 is 252 Å². The van der Waals surface area contributed by atoms with Crippen molar-refractivity contribution >= 4 is 28.1 Å². The fourth-order valence-electron chi connectivity index (χ4n) is 9.34. The van der Waals surface area contributed by atoms with E-state index in [0.29, 0.717) is 0 Å². The Morgan fingerprint density at radius 1 is 0.487 bits per heavy atom. The van der Waals surface area contributed by atoms with Crippen molar-refractivity contribution in [1.82, 2.24) is 16.0 Å². The van der Waals surface area contributed by atoms with Crippen molar-refractivity contribution in [2.75, 3.05) is 46.2 Å². The number of hydrogen-bond acceptors (Lipinski definition) is 33. The predicted molar refractivity (Wildman–Crippen MR) is 247 cm³/mol. The van der Waals surface area contributed by atoms with Crippen molar-refractivity contribution in [2.24, 2.45) is 0 Å². The van der Waals surface area contributed by atoms with Gasteiger partial charge in [0, 0.05) is 20.8 Å². The standard InChI is InChI=1S/C42H73N3O34S/c1-11(51)43-14(4-46)23(55)34(15(54)5-47)76-39-22(45-13(3)53)29(61)35(18(8-50)73-39)77-41-33(65)36(27(59)19(75-41)9-69-40-32(64)30(62)26(58)20(74-40)10-70-80(66,67)68)78-42-37(31(63)25(57)17(7-49)72-42)79-38-21(44-12(2)52)28(60)24(56)16(6-48)71-38/h14-42,46-50,54-65H,4-10H2,1-3H3,(H,43,51)(H,44,52)(H,45,53)(H,66,67,68)/t14-,15+,16+,17+,18+,19+,20+,21+,22+,23+,24+,25+,26+,27+,28+,29+,30-,31-,32-,33-,34+,35+,36-,37-,38-,39-,40-,41-,42+/m0/s1. The molecule has 5 aliphatic heterocycles. The van der Waals surface area contributed by atoms with E-state index in [1.54, 1.807) is 0 Å². The zero-order chi connectivity index (χ0) is 59.8. The molecule has 0 saturated carbocycles. The molecule has 0 aromatic heterocycles. The van der Waals surface area contributed by atoms with Gasteiger partial charge in [-0.15, -0.1) is 0 Å². The second kappa shape index (κ2) is 29.8. The number of ether oxygens (including phenoxy) is 10. The molecule has 0 aliphatic carbocycles. The van der Waals surface area contributed by atoms with Crippen LogP contribution in [0.1, 0.15) is 20.8 Å². The SMILES string of the molecule is CC(=O)N[C@H]1[C@H](O[C@@H]([C@H](O)[C@H](CO)NC(C)=O)[C@H](O)CO)O[C@H](CO)[C@@H](O[C@@H]2O[C@H](CO[C@H]3O[C@H](COS(=O)(=O)O)[C@@H](O)[C@H](O)[C@@H]3O)[C@@H](O)[C@H](O[C@H]3O[C@H](CO)[C@@H](O)[C@H](O)[C@@H]3O[C@@H]3O[C@H](CO)[C@@H](O)[C@H](O)[C@H]3NC(C)=O)[C@@H]2O)[C@@H]1O. The number of nitrogens with one attached hydrogen (secondary N) is 3. The minimum absolute atomic E-state index is 0.770. The molecule has 5 fully saturated rings. The van der Waals surface area contributed by atoms with Crippen LogP contribution in [0.25, 0.3) is 0 Å². The smallest absolute Gasteiger partial charge is 0.394 e. The number of hydrogen-bond donors (Lipinski definition) is 21. The topological polar surface area (TPSA) is 587 Å². The second-order valence-corrected chi connectivity index (χ2v) is 20.4. The van der Waals surface area contributed by atoms with Crippen molar-refractivity contribution < 1.29 is 166 Å². The minimum Gasteiger partial charge on any atom is -0.394 e. The van der Waals surface area contributed by atoms with Gasteiger partial charge in [-0.2, -0.15) is 8.42 Å². The molecular weight excluding hydrogens is 1120 g/mol. The van der Waals surface area contributed by atoms with Gasteiger partial charge in [-0.3, -0.25) is 18.9 Å². The fraction of sp³-hybridized carbons (Fsp3) is 0.929. The molecule has 0 aromatic carbocycles. The van der Waals surface area contributed by atoms with Crippen molar-refractivity contribution in [3.8, 4) is 0 Å². The summed E-state index contributed by atoms with van der Waals surface area (Å²) >= 11 is 0. The molecular formula is C42H73N3O34S. The summed E-state index contributed by atoms with van der Waals surface area (Å²) in [5.41, 5.74) is 0. The van der Waals surface area contributed by atoms with E-state index in [1.807, 2.05) is 0 Å². The fourth-order valence-corrected chi connectivity index (χ4v) is 9.64. The Kier molecular flexibility index (Phi) is 25.3. The van der Waals surface area contributed by atoms with Crippen LogP contribution < -0.4 is 16.0 Å². The molecule has 37 nitrogen and oxygen atoms in total. The quantitative estimate of drug-likeness (QED) is 0.0378. The number of aliphatic hydroxyl groups is 17. The highest BCUT2D eigenvalue weighted by Crippen LogP contribution is 2.36. The molecule has 80 heavy (non-hydrogen) atoms. The Morgan fingerprint density at radius 2 is 0.975 bits per heavy atom. The third-order valence-corrected chi connectivity index (χ3v) is 13.9. The average molecular weight is 1200 g/mol. The van der Waals surface area contributed by atoms with E-state index in [9.17, 15) is 110 Å². The third kappa shape index (κ3) is 16.5. The van der Waals surface area contributed by atoms with Crippen LogP contribution in [0, 0.1) is 0 Å². The zero-order valence-electron chi connectivity index (χ0n) is 42.7. The van der Waals surface area contributed by atoms with Crippen molar-refractivity contribution in [1.29, 1.82) is 0 Å². The van der Waals surface area contributed by atoms with Crippen LogP contribution in [-0.4, -0.2) is 342 Å². The lowest BCUT2D eigenvalue weighted by Crippen LogP contribution is -2.70. The molecule has 5 heterocycles. The first-order chi connectivity index (χ1) is 37.5. The van der Waals surface area contributed by atoms with Crippen LogP contribution in [-0.2, 0) is 76.3 Å². The van der Waals surface area contributed by atoms with Gasteiger partial charge in [0.25, 0.3) is 0 Å². The average Bonchev–Trinajstić information content (AvgIpc) is 3.46. The molecule has 38 heteroatoms. The van der Waals surface area contributed by atoms with Gasteiger partial charge in [0.1, 0.15) is 140 Å². The molecule has 5 saturated heterocycles. The summed E-state index contributed by atoms with van der Waals surface area (Å²) in [7, 11) is -5.18. The highest BCUT2D eigenvalue weighted by atomic mass is 32.3. The number of rotatable bonds is 25. The maximum atomic E-state index is 12.6. The monoisotopic (exact) mass is 1200 g/mol. The van der Waals surface area contributed by atoms with Crippen LogP contribution in [0.15, 0.2) is 0 Å². The van der Waals surface area contributed by atoms with Gasteiger partial charge < -0.3 is 150 Å². The van der Waals surface area contributed by atoms with Gasteiger partial charge >= 0.3 is 10.4 Å². The molecule has 5 aliphatic rings. The van der Waals surface area contributed by atoms with Crippen LogP contribution in [0.4, 0.5) is 0 Å². The Labute approximate surface area is 453 Å². The molecule has 466 valence electrons. The summed E-state index contributed by atoms with van der Waals surface area (Å²) in [5, 5.41) is 191. The van der Waals surface area contributed by atoms with Crippen LogP contribution in [0.5, 0.6) is 0 Å². The van der Waals surface area contributed by atoms with E-state index in [1.165, 1.54) is 0 Å². The number of aliphatic hydroxyl groups excluding tert-OH is 17. The highest BCUT2D eigenvalue weighted by Gasteiger charge is 2.57. The van der Waals surface area contributed by atoms with Gasteiger partial charge in [0.05, 0.1) is 52.3 Å². The van der Waals surface area contributed by atoms with Crippen LogP contribution in [0.3, 0.4) is 0 Å². The summed E-state index contributed by atoms with van der Waals surface area (Å²) in [5.74, 6) is -2.52. The van der Waals surface area contributed by atoms with E-state index in [-0.39, 0.29) is 0 Å². The summed E-state index contributed by atoms with van der Waals surface area (Å²) in [6, 6.07) is -5.17. The molecule has 0 unspecified atom stereocenters. The van der Waals surface area contributed by atoms with Crippen molar-refractivity contribution in [2.45, 2.75) is 199 Å².